The Hall–Kier alpha value is -2.20. The zero-order valence-electron chi connectivity index (χ0n) is 15.1. The molecule has 1 atom stereocenters. The molecule has 5 heteroatoms. The summed E-state index contributed by atoms with van der Waals surface area (Å²) in [5.74, 6) is 1.29. The number of hydrogen-bond acceptors (Lipinski definition) is 3. The highest BCUT2D eigenvalue weighted by atomic mass is 35.5. The number of carbonyl (C=O) groups is 1. The summed E-state index contributed by atoms with van der Waals surface area (Å²) >= 11 is 6.14. The van der Waals surface area contributed by atoms with Gasteiger partial charge in [-0.3, -0.25) is 4.79 Å². The van der Waals surface area contributed by atoms with Crippen LogP contribution in [0.1, 0.15) is 36.6 Å². The number of carbonyl (C=O) groups excluding carboxylic acids is 1. The minimum absolute atomic E-state index is 0.0398. The Morgan fingerprint density at radius 1 is 1.08 bits per heavy atom. The zero-order chi connectivity index (χ0) is 18.4. The van der Waals surface area contributed by atoms with Gasteiger partial charge in [0.15, 0.2) is 6.61 Å². The van der Waals surface area contributed by atoms with Gasteiger partial charge >= 0.3 is 0 Å². The van der Waals surface area contributed by atoms with Crippen LogP contribution >= 0.6 is 11.6 Å². The summed E-state index contributed by atoms with van der Waals surface area (Å²) in [6.07, 6.45) is 0. The highest BCUT2D eigenvalue weighted by molar-refractivity contribution is 6.32. The van der Waals surface area contributed by atoms with Crippen molar-refractivity contribution in [2.75, 3.05) is 13.2 Å². The molecule has 1 N–H and O–H groups in total. The lowest BCUT2D eigenvalue weighted by Crippen LogP contribution is -2.31. The third-order valence-corrected chi connectivity index (χ3v) is 4.44. The van der Waals surface area contributed by atoms with Crippen molar-refractivity contribution in [2.24, 2.45) is 0 Å². The molecule has 1 amide bonds. The third kappa shape index (κ3) is 5.40. The fraction of sp³-hybridized carbons (Fsp3) is 0.350. The molecule has 1 unspecified atom stereocenters. The van der Waals surface area contributed by atoms with Crippen LogP contribution in [0.3, 0.4) is 0 Å². The second kappa shape index (κ2) is 8.77. The average Bonchev–Trinajstić information content (AvgIpc) is 2.58. The Morgan fingerprint density at radius 3 is 2.24 bits per heavy atom. The van der Waals surface area contributed by atoms with Crippen LogP contribution in [-0.2, 0) is 4.79 Å². The second-order valence-corrected chi connectivity index (χ2v) is 6.33. The lowest BCUT2D eigenvalue weighted by atomic mass is 10.1. The maximum absolute atomic E-state index is 12.1. The van der Waals surface area contributed by atoms with Crippen LogP contribution in [0.2, 0.25) is 5.02 Å². The third-order valence-electron chi connectivity index (χ3n) is 3.85. The summed E-state index contributed by atoms with van der Waals surface area (Å²) in [7, 11) is 0. The summed E-state index contributed by atoms with van der Waals surface area (Å²) in [5.41, 5.74) is 2.87. The molecular formula is C20H24ClNO3. The highest BCUT2D eigenvalue weighted by Gasteiger charge is 2.11. The quantitative estimate of drug-likeness (QED) is 0.783. The second-order valence-electron chi connectivity index (χ2n) is 5.95. The number of halogens is 1. The van der Waals surface area contributed by atoms with Gasteiger partial charge in [0.2, 0.25) is 0 Å². The number of aryl methyl sites for hydroxylation is 2. The van der Waals surface area contributed by atoms with Crippen molar-refractivity contribution < 1.29 is 14.3 Å². The number of rotatable bonds is 7. The van der Waals surface area contributed by atoms with Gasteiger partial charge in [0.05, 0.1) is 12.6 Å². The average molecular weight is 362 g/mol. The van der Waals surface area contributed by atoms with Gasteiger partial charge in [-0.2, -0.15) is 0 Å². The van der Waals surface area contributed by atoms with Crippen LogP contribution in [0.25, 0.3) is 0 Å². The molecule has 25 heavy (non-hydrogen) atoms. The molecule has 134 valence electrons. The van der Waals surface area contributed by atoms with Gasteiger partial charge in [-0.05, 0) is 68.7 Å². The fourth-order valence-electron chi connectivity index (χ4n) is 2.52. The molecule has 2 aromatic carbocycles. The van der Waals surface area contributed by atoms with Crippen molar-refractivity contribution in [2.45, 2.75) is 33.7 Å². The van der Waals surface area contributed by atoms with Gasteiger partial charge in [-0.15, -0.1) is 0 Å². The minimum Gasteiger partial charge on any atom is -0.494 e. The van der Waals surface area contributed by atoms with Crippen LogP contribution in [0.5, 0.6) is 11.5 Å². The van der Waals surface area contributed by atoms with Crippen molar-refractivity contribution in [1.29, 1.82) is 0 Å². The maximum atomic E-state index is 12.1. The van der Waals surface area contributed by atoms with Gasteiger partial charge in [-0.1, -0.05) is 23.7 Å². The summed E-state index contributed by atoms with van der Waals surface area (Å²) in [4.78, 5) is 12.1. The van der Waals surface area contributed by atoms with Crippen molar-refractivity contribution >= 4 is 17.5 Å². The molecule has 0 aliphatic rings. The smallest absolute Gasteiger partial charge is 0.258 e. The number of amides is 1. The summed E-state index contributed by atoms with van der Waals surface area (Å²) in [5, 5.41) is 3.65. The van der Waals surface area contributed by atoms with E-state index in [2.05, 4.69) is 5.32 Å². The van der Waals surface area contributed by atoms with Crippen LogP contribution in [0.4, 0.5) is 0 Å². The molecule has 0 heterocycles. The Kier molecular flexibility index (Phi) is 6.71. The summed E-state index contributed by atoms with van der Waals surface area (Å²) < 4.78 is 11.0. The normalized spacial score (nSPS) is 11.7. The fourth-order valence-corrected chi connectivity index (χ4v) is 2.63. The lowest BCUT2D eigenvalue weighted by molar-refractivity contribution is -0.123. The van der Waals surface area contributed by atoms with Gasteiger partial charge in [0, 0.05) is 5.02 Å². The summed E-state index contributed by atoms with van der Waals surface area (Å²) in [6.45, 7) is 8.30. The molecule has 2 aromatic rings. The Bertz CT molecular complexity index is 705. The van der Waals surface area contributed by atoms with E-state index in [1.54, 1.807) is 0 Å². The Labute approximate surface area is 154 Å². The lowest BCUT2D eigenvalue weighted by Gasteiger charge is -2.16. The van der Waals surface area contributed by atoms with Gasteiger partial charge in [0.25, 0.3) is 5.91 Å². The van der Waals surface area contributed by atoms with Gasteiger partial charge < -0.3 is 14.8 Å². The maximum Gasteiger partial charge on any atom is 0.258 e. The minimum atomic E-state index is -0.174. The Morgan fingerprint density at radius 2 is 1.68 bits per heavy atom. The van der Waals surface area contributed by atoms with E-state index in [1.807, 2.05) is 64.1 Å². The molecular weight excluding hydrogens is 338 g/mol. The van der Waals surface area contributed by atoms with Crippen molar-refractivity contribution in [3.05, 3.63) is 58.1 Å². The van der Waals surface area contributed by atoms with E-state index in [9.17, 15) is 4.79 Å². The zero-order valence-corrected chi connectivity index (χ0v) is 15.8. The highest BCUT2D eigenvalue weighted by Crippen LogP contribution is 2.25. The molecule has 0 bridgehead atoms. The van der Waals surface area contributed by atoms with Crippen LogP contribution in [-0.4, -0.2) is 19.1 Å². The van der Waals surface area contributed by atoms with E-state index in [-0.39, 0.29) is 18.6 Å². The van der Waals surface area contributed by atoms with Crippen molar-refractivity contribution in [3.8, 4) is 11.5 Å². The van der Waals surface area contributed by atoms with E-state index in [0.29, 0.717) is 12.4 Å². The largest absolute Gasteiger partial charge is 0.494 e. The van der Waals surface area contributed by atoms with E-state index in [0.717, 1.165) is 27.5 Å². The van der Waals surface area contributed by atoms with E-state index < -0.39 is 0 Å². The van der Waals surface area contributed by atoms with Crippen LogP contribution in [0, 0.1) is 13.8 Å². The number of nitrogens with one attached hydrogen (secondary N) is 1. The van der Waals surface area contributed by atoms with Gasteiger partial charge in [-0.25, -0.2) is 0 Å². The molecule has 0 aliphatic carbocycles. The number of benzene rings is 2. The predicted molar refractivity (Wildman–Crippen MR) is 101 cm³/mol. The molecule has 0 saturated heterocycles. The molecule has 0 aliphatic heterocycles. The molecule has 0 fully saturated rings. The van der Waals surface area contributed by atoms with E-state index >= 15 is 0 Å². The number of ether oxygens (including phenoxy) is 2. The van der Waals surface area contributed by atoms with Gasteiger partial charge in [0.1, 0.15) is 11.5 Å². The standard InChI is InChI=1S/C20H24ClNO3/c1-5-24-17-8-6-16(7-9-17)15(4)22-19(23)12-25-18-10-13(2)20(21)14(3)11-18/h6-11,15H,5,12H2,1-4H3,(H,22,23). The first-order chi connectivity index (χ1) is 11.9. The topological polar surface area (TPSA) is 47.6 Å². The first-order valence-corrected chi connectivity index (χ1v) is 8.70. The molecule has 0 spiro atoms. The molecule has 0 radical (unpaired) electrons. The van der Waals surface area contributed by atoms with E-state index in [4.69, 9.17) is 21.1 Å². The van der Waals surface area contributed by atoms with Crippen molar-refractivity contribution in [3.63, 3.8) is 0 Å². The molecule has 0 aromatic heterocycles. The predicted octanol–water partition coefficient (Wildman–Crippen LogP) is 4.61. The van der Waals surface area contributed by atoms with E-state index in [1.165, 1.54) is 0 Å². The molecule has 4 nitrogen and oxygen atoms in total. The van der Waals surface area contributed by atoms with Crippen molar-refractivity contribution in [1.82, 2.24) is 5.32 Å². The first-order valence-electron chi connectivity index (χ1n) is 8.32. The Balaban J connectivity index is 1.89. The van der Waals surface area contributed by atoms with Crippen LogP contribution < -0.4 is 14.8 Å². The first kappa shape index (κ1) is 19.1. The van der Waals surface area contributed by atoms with Crippen LogP contribution in [0.15, 0.2) is 36.4 Å². The number of hydrogen-bond donors (Lipinski definition) is 1. The SMILES string of the molecule is CCOc1ccc(C(C)NC(=O)COc2cc(C)c(Cl)c(C)c2)cc1. The molecule has 2 rings (SSSR count). The molecule has 0 saturated carbocycles. The summed E-state index contributed by atoms with van der Waals surface area (Å²) in [6, 6.07) is 11.2. The monoisotopic (exact) mass is 361 g/mol.